The van der Waals surface area contributed by atoms with Crippen LogP contribution in [0.5, 0.6) is 0 Å². The summed E-state index contributed by atoms with van der Waals surface area (Å²) in [7, 11) is 0. The van der Waals surface area contributed by atoms with Crippen LogP contribution in [-0.4, -0.2) is 11.5 Å². The van der Waals surface area contributed by atoms with E-state index in [0.29, 0.717) is 11.8 Å². The van der Waals surface area contributed by atoms with Crippen molar-refractivity contribution in [1.29, 1.82) is 0 Å². The van der Waals surface area contributed by atoms with E-state index in [1.807, 2.05) is 0 Å². The summed E-state index contributed by atoms with van der Waals surface area (Å²) in [5, 5.41) is 0. The van der Waals surface area contributed by atoms with Crippen molar-refractivity contribution in [2.24, 2.45) is 5.73 Å². The first-order chi connectivity index (χ1) is 6.72. The number of hydrogen-bond donors (Lipinski definition) is 1. The molecule has 1 aliphatic rings. The first kappa shape index (κ1) is 9.71. The van der Waals surface area contributed by atoms with Gasteiger partial charge in [-0.1, -0.05) is 13.8 Å². The Hall–Kier alpha value is -0.830. The van der Waals surface area contributed by atoms with Gasteiger partial charge in [0.05, 0.1) is 5.69 Å². The Balaban J connectivity index is 2.21. The molecule has 1 aromatic heterocycles. The van der Waals surface area contributed by atoms with E-state index in [9.17, 15) is 0 Å². The van der Waals surface area contributed by atoms with Crippen molar-refractivity contribution in [3.05, 3.63) is 17.3 Å². The molecule has 14 heavy (non-hydrogen) atoms. The van der Waals surface area contributed by atoms with Crippen LogP contribution in [0.2, 0.25) is 0 Å². The second kappa shape index (κ2) is 3.73. The lowest BCUT2D eigenvalue weighted by Gasteiger charge is -2.06. The maximum absolute atomic E-state index is 5.79. The summed E-state index contributed by atoms with van der Waals surface area (Å²) in [5.41, 5.74) is 6.74. The van der Waals surface area contributed by atoms with Gasteiger partial charge in [0.1, 0.15) is 5.76 Å². The van der Waals surface area contributed by atoms with Crippen molar-refractivity contribution in [1.82, 2.24) is 4.98 Å². The maximum Gasteiger partial charge on any atom is 0.197 e. The zero-order valence-electron chi connectivity index (χ0n) is 8.92. The molecule has 1 unspecified atom stereocenters. The predicted octanol–water partition coefficient (Wildman–Crippen LogP) is 2.18. The molecular weight excluding hydrogens is 176 g/mol. The van der Waals surface area contributed by atoms with Crippen molar-refractivity contribution in [2.75, 3.05) is 6.54 Å². The van der Waals surface area contributed by atoms with Crippen LogP contribution in [0.25, 0.3) is 0 Å². The fourth-order valence-electron chi connectivity index (χ4n) is 2.05. The summed E-state index contributed by atoms with van der Waals surface area (Å²) in [4.78, 5) is 4.52. The lowest BCUT2D eigenvalue weighted by molar-refractivity contribution is 0.403. The summed E-state index contributed by atoms with van der Waals surface area (Å²) in [6, 6.07) is 0. The van der Waals surface area contributed by atoms with Gasteiger partial charge in [0.15, 0.2) is 5.89 Å². The predicted molar refractivity (Wildman–Crippen MR) is 55.3 cm³/mol. The highest BCUT2D eigenvalue weighted by Gasteiger charge is 2.28. The molecule has 1 heterocycles. The van der Waals surface area contributed by atoms with Crippen LogP contribution >= 0.6 is 0 Å². The van der Waals surface area contributed by atoms with Crippen LogP contribution in [0.15, 0.2) is 4.42 Å². The van der Waals surface area contributed by atoms with Gasteiger partial charge in [0.2, 0.25) is 0 Å². The molecule has 0 saturated carbocycles. The van der Waals surface area contributed by atoms with E-state index >= 15 is 0 Å². The molecule has 0 saturated heterocycles. The molecule has 1 aliphatic carbocycles. The molecule has 0 amide bonds. The Morgan fingerprint density at radius 1 is 1.57 bits per heavy atom. The summed E-state index contributed by atoms with van der Waals surface area (Å²) >= 11 is 0. The van der Waals surface area contributed by atoms with Gasteiger partial charge in [-0.25, -0.2) is 4.98 Å². The topological polar surface area (TPSA) is 52.0 Å². The molecule has 78 valence electrons. The minimum Gasteiger partial charge on any atom is -0.445 e. The van der Waals surface area contributed by atoms with Crippen molar-refractivity contribution in [3.8, 4) is 0 Å². The summed E-state index contributed by atoms with van der Waals surface area (Å²) in [6.45, 7) is 4.96. The molecule has 0 bridgehead atoms. The lowest BCUT2D eigenvalue weighted by Crippen LogP contribution is -2.04. The number of aromatic nitrogens is 1. The SMILES string of the molecule is CC(C)c1nc2c(o1)C(CCN)CC2. The van der Waals surface area contributed by atoms with Crippen LogP contribution in [0.3, 0.4) is 0 Å². The lowest BCUT2D eigenvalue weighted by atomic mass is 10.0. The third kappa shape index (κ3) is 1.57. The van der Waals surface area contributed by atoms with Crippen molar-refractivity contribution < 1.29 is 4.42 Å². The Morgan fingerprint density at radius 3 is 3.00 bits per heavy atom. The number of nitrogens with zero attached hydrogens (tertiary/aromatic N) is 1. The quantitative estimate of drug-likeness (QED) is 0.802. The van der Waals surface area contributed by atoms with Crippen LogP contribution < -0.4 is 5.73 Å². The number of hydrogen-bond acceptors (Lipinski definition) is 3. The molecule has 2 rings (SSSR count). The van der Waals surface area contributed by atoms with Crippen molar-refractivity contribution >= 4 is 0 Å². The second-order valence-corrected chi connectivity index (χ2v) is 4.33. The molecule has 0 radical (unpaired) electrons. The fourth-order valence-corrected chi connectivity index (χ4v) is 2.05. The Morgan fingerprint density at radius 2 is 2.36 bits per heavy atom. The van der Waals surface area contributed by atoms with Crippen molar-refractivity contribution in [3.63, 3.8) is 0 Å². The minimum atomic E-state index is 0.388. The molecule has 0 aromatic carbocycles. The zero-order valence-corrected chi connectivity index (χ0v) is 8.92. The third-order valence-electron chi connectivity index (χ3n) is 2.85. The van der Waals surface area contributed by atoms with Gasteiger partial charge in [-0.2, -0.15) is 0 Å². The van der Waals surface area contributed by atoms with Crippen LogP contribution in [0.1, 0.15) is 55.9 Å². The number of fused-ring (bicyclic) bond motifs is 1. The van der Waals surface area contributed by atoms with Gasteiger partial charge in [0.25, 0.3) is 0 Å². The minimum absolute atomic E-state index is 0.388. The summed E-state index contributed by atoms with van der Waals surface area (Å²) < 4.78 is 5.79. The van der Waals surface area contributed by atoms with Crippen LogP contribution in [0, 0.1) is 0 Å². The molecule has 1 aromatic rings. The molecule has 3 nitrogen and oxygen atoms in total. The van der Waals surface area contributed by atoms with E-state index in [4.69, 9.17) is 10.2 Å². The second-order valence-electron chi connectivity index (χ2n) is 4.33. The summed E-state index contributed by atoms with van der Waals surface area (Å²) in [5.74, 6) is 2.91. The van der Waals surface area contributed by atoms with E-state index in [1.165, 1.54) is 5.69 Å². The number of oxazole rings is 1. The number of nitrogens with two attached hydrogens (primary N) is 1. The van der Waals surface area contributed by atoms with Crippen molar-refractivity contribution in [2.45, 2.75) is 44.9 Å². The van der Waals surface area contributed by atoms with Gasteiger partial charge in [-0.05, 0) is 25.8 Å². The highest BCUT2D eigenvalue weighted by Crippen LogP contribution is 2.36. The van der Waals surface area contributed by atoms with E-state index in [-0.39, 0.29) is 0 Å². The Bertz CT molecular complexity index is 317. The standard InChI is InChI=1S/C11H18N2O/c1-7(2)11-13-9-4-3-8(5-6-12)10(9)14-11/h7-8H,3-6,12H2,1-2H3. The molecule has 0 aliphatic heterocycles. The molecule has 1 atom stereocenters. The van der Waals surface area contributed by atoms with E-state index < -0.39 is 0 Å². The Kier molecular flexibility index (Phi) is 2.59. The van der Waals surface area contributed by atoms with Gasteiger partial charge >= 0.3 is 0 Å². The average molecular weight is 194 g/mol. The average Bonchev–Trinajstić information content (AvgIpc) is 2.67. The maximum atomic E-state index is 5.79. The highest BCUT2D eigenvalue weighted by molar-refractivity contribution is 5.21. The van der Waals surface area contributed by atoms with Gasteiger partial charge in [0, 0.05) is 11.8 Å². The number of rotatable bonds is 3. The first-order valence-corrected chi connectivity index (χ1v) is 5.42. The molecule has 3 heteroatoms. The molecule has 0 spiro atoms. The van der Waals surface area contributed by atoms with E-state index in [0.717, 1.165) is 37.5 Å². The van der Waals surface area contributed by atoms with Gasteiger partial charge in [-0.15, -0.1) is 0 Å². The monoisotopic (exact) mass is 194 g/mol. The van der Waals surface area contributed by atoms with Gasteiger partial charge < -0.3 is 10.2 Å². The van der Waals surface area contributed by atoms with E-state index in [1.54, 1.807) is 0 Å². The zero-order chi connectivity index (χ0) is 10.1. The molecule has 0 fully saturated rings. The largest absolute Gasteiger partial charge is 0.445 e. The van der Waals surface area contributed by atoms with E-state index in [2.05, 4.69) is 18.8 Å². The molecular formula is C11H18N2O. The summed E-state index contributed by atoms with van der Waals surface area (Å²) in [6.07, 6.45) is 3.26. The highest BCUT2D eigenvalue weighted by atomic mass is 16.4. The normalized spacial score (nSPS) is 20.4. The van der Waals surface area contributed by atoms with Crippen LogP contribution in [0.4, 0.5) is 0 Å². The molecule has 2 N–H and O–H groups in total. The number of aryl methyl sites for hydroxylation is 1. The smallest absolute Gasteiger partial charge is 0.197 e. The Labute approximate surface area is 84.7 Å². The van der Waals surface area contributed by atoms with Crippen LogP contribution in [-0.2, 0) is 6.42 Å². The third-order valence-corrected chi connectivity index (χ3v) is 2.85. The first-order valence-electron chi connectivity index (χ1n) is 5.42. The van der Waals surface area contributed by atoms with Gasteiger partial charge in [-0.3, -0.25) is 0 Å². The fraction of sp³-hybridized carbons (Fsp3) is 0.727.